The van der Waals surface area contributed by atoms with Crippen LogP contribution in [0.25, 0.3) is 0 Å². The maximum Gasteiger partial charge on any atom is 0.267 e. The molecule has 2 rings (SSSR count). The standard InChI is InChI=1S/C8H5FINO2/c9-7-6(10)3-5(4-11-7)8-12-1-2-13-8/h1-4,8H. The molecule has 0 N–H and O–H groups in total. The number of nitrogens with zero attached hydrogens (tertiary/aromatic N) is 1. The minimum Gasteiger partial charge on any atom is -0.455 e. The average molecular weight is 293 g/mol. The monoisotopic (exact) mass is 293 g/mol. The van der Waals surface area contributed by atoms with Crippen molar-refractivity contribution in [3.63, 3.8) is 0 Å². The molecule has 1 aliphatic rings. The Morgan fingerprint density at radius 1 is 1.38 bits per heavy atom. The highest BCUT2D eigenvalue weighted by molar-refractivity contribution is 14.1. The fourth-order valence-electron chi connectivity index (χ4n) is 0.961. The molecular weight excluding hydrogens is 288 g/mol. The lowest BCUT2D eigenvalue weighted by molar-refractivity contribution is -0.0249. The average Bonchev–Trinajstić information content (AvgIpc) is 2.62. The zero-order chi connectivity index (χ0) is 9.26. The van der Waals surface area contributed by atoms with Crippen LogP contribution in [0.2, 0.25) is 0 Å². The number of hydrogen-bond acceptors (Lipinski definition) is 3. The van der Waals surface area contributed by atoms with Crippen molar-refractivity contribution in [2.24, 2.45) is 0 Å². The Kier molecular flexibility index (Phi) is 2.34. The first-order valence-corrected chi connectivity index (χ1v) is 4.62. The van der Waals surface area contributed by atoms with Crippen LogP contribution in [0.4, 0.5) is 4.39 Å². The van der Waals surface area contributed by atoms with Crippen LogP contribution in [0.5, 0.6) is 0 Å². The molecule has 2 heterocycles. The van der Waals surface area contributed by atoms with Gasteiger partial charge in [-0.1, -0.05) is 0 Å². The van der Waals surface area contributed by atoms with Gasteiger partial charge in [0.25, 0.3) is 6.29 Å². The van der Waals surface area contributed by atoms with E-state index < -0.39 is 12.2 Å². The van der Waals surface area contributed by atoms with Gasteiger partial charge in [0, 0.05) is 6.20 Å². The molecule has 1 aromatic rings. The van der Waals surface area contributed by atoms with Gasteiger partial charge in [-0.3, -0.25) is 0 Å². The van der Waals surface area contributed by atoms with Crippen LogP contribution in [0.3, 0.4) is 0 Å². The Morgan fingerprint density at radius 2 is 2.08 bits per heavy atom. The number of halogens is 2. The summed E-state index contributed by atoms with van der Waals surface area (Å²) in [5.41, 5.74) is 0.704. The van der Waals surface area contributed by atoms with Gasteiger partial charge in [-0.2, -0.15) is 4.39 Å². The van der Waals surface area contributed by atoms with Gasteiger partial charge in [-0.05, 0) is 28.7 Å². The molecule has 0 atom stereocenters. The summed E-state index contributed by atoms with van der Waals surface area (Å²) in [4.78, 5) is 3.56. The van der Waals surface area contributed by atoms with E-state index in [4.69, 9.17) is 9.47 Å². The highest BCUT2D eigenvalue weighted by atomic mass is 127. The maximum absolute atomic E-state index is 12.8. The molecule has 0 saturated heterocycles. The summed E-state index contributed by atoms with van der Waals surface area (Å²) in [5, 5.41) is 0. The van der Waals surface area contributed by atoms with Crippen molar-refractivity contribution in [3.05, 3.63) is 39.9 Å². The van der Waals surface area contributed by atoms with Crippen LogP contribution >= 0.6 is 22.6 Å². The fraction of sp³-hybridized carbons (Fsp3) is 0.125. The van der Waals surface area contributed by atoms with E-state index in [-0.39, 0.29) is 0 Å². The fourth-order valence-corrected chi connectivity index (χ4v) is 1.46. The Hall–Kier alpha value is -0.850. The minimum absolute atomic E-state index is 0.453. The van der Waals surface area contributed by atoms with Gasteiger partial charge in [0.2, 0.25) is 5.95 Å². The molecule has 13 heavy (non-hydrogen) atoms. The lowest BCUT2D eigenvalue weighted by atomic mass is 10.3. The molecule has 1 aromatic heterocycles. The molecule has 0 aliphatic carbocycles. The molecule has 0 spiro atoms. The number of hydrogen-bond donors (Lipinski definition) is 0. The zero-order valence-electron chi connectivity index (χ0n) is 6.41. The lowest BCUT2D eigenvalue weighted by Crippen LogP contribution is -2.00. The normalized spacial score (nSPS) is 15.5. The zero-order valence-corrected chi connectivity index (χ0v) is 8.56. The number of rotatable bonds is 1. The summed E-state index contributed by atoms with van der Waals surface area (Å²) in [6.07, 6.45) is 3.80. The van der Waals surface area contributed by atoms with Crippen molar-refractivity contribution in [2.45, 2.75) is 6.29 Å². The van der Waals surface area contributed by atoms with Gasteiger partial charge < -0.3 is 9.47 Å². The molecule has 68 valence electrons. The number of ether oxygens (including phenoxy) is 2. The maximum atomic E-state index is 12.8. The molecule has 1 aliphatic heterocycles. The topological polar surface area (TPSA) is 31.4 Å². The Labute approximate surface area is 87.7 Å². The van der Waals surface area contributed by atoms with Crippen LogP contribution in [-0.2, 0) is 9.47 Å². The van der Waals surface area contributed by atoms with Crippen molar-refractivity contribution < 1.29 is 13.9 Å². The molecule has 0 radical (unpaired) electrons. The lowest BCUT2D eigenvalue weighted by Gasteiger charge is -2.09. The quantitative estimate of drug-likeness (QED) is 0.588. The Bertz CT molecular complexity index is 348. The summed E-state index contributed by atoms with van der Waals surface area (Å²) < 4.78 is 23.4. The van der Waals surface area contributed by atoms with Crippen LogP contribution in [-0.4, -0.2) is 4.98 Å². The molecular formula is C8H5FINO2. The van der Waals surface area contributed by atoms with E-state index in [0.29, 0.717) is 9.13 Å². The van der Waals surface area contributed by atoms with E-state index in [0.717, 1.165) is 0 Å². The third-order valence-corrected chi connectivity index (χ3v) is 2.31. The van der Waals surface area contributed by atoms with E-state index in [1.165, 1.54) is 18.7 Å². The van der Waals surface area contributed by atoms with E-state index in [9.17, 15) is 4.39 Å². The van der Waals surface area contributed by atoms with Gasteiger partial charge in [-0.25, -0.2) is 4.98 Å². The summed E-state index contributed by atoms with van der Waals surface area (Å²) in [6, 6.07) is 1.64. The van der Waals surface area contributed by atoms with Crippen LogP contribution < -0.4 is 0 Å². The minimum atomic E-state index is -0.485. The second kappa shape index (κ2) is 3.49. The van der Waals surface area contributed by atoms with Crippen molar-refractivity contribution in [1.82, 2.24) is 4.98 Å². The van der Waals surface area contributed by atoms with E-state index in [1.54, 1.807) is 6.07 Å². The summed E-state index contributed by atoms with van der Waals surface area (Å²) in [7, 11) is 0. The molecule has 0 bridgehead atoms. The summed E-state index contributed by atoms with van der Waals surface area (Å²) in [6.45, 7) is 0. The van der Waals surface area contributed by atoms with E-state index in [2.05, 4.69) is 4.98 Å². The highest BCUT2D eigenvalue weighted by Gasteiger charge is 2.17. The van der Waals surface area contributed by atoms with Gasteiger partial charge in [0.15, 0.2) is 0 Å². The van der Waals surface area contributed by atoms with Crippen molar-refractivity contribution in [1.29, 1.82) is 0 Å². The van der Waals surface area contributed by atoms with Gasteiger partial charge in [-0.15, -0.1) is 0 Å². The third kappa shape index (κ3) is 1.74. The molecule has 5 heteroatoms. The van der Waals surface area contributed by atoms with Crippen molar-refractivity contribution in [3.8, 4) is 0 Å². The Morgan fingerprint density at radius 3 is 2.69 bits per heavy atom. The first-order valence-electron chi connectivity index (χ1n) is 3.54. The van der Waals surface area contributed by atoms with E-state index in [1.807, 2.05) is 22.6 Å². The summed E-state index contributed by atoms with van der Waals surface area (Å²) in [5.74, 6) is -0.477. The first-order chi connectivity index (χ1) is 6.27. The van der Waals surface area contributed by atoms with Crippen molar-refractivity contribution >= 4 is 22.6 Å². The van der Waals surface area contributed by atoms with Gasteiger partial charge >= 0.3 is 0 Å². The SMILES string of the molecule is Fc1ncc(C2OC=CO2)cc1I. The predicted octanol–water partition coefficient (Wildman–Crippen LogP) is 2.34. The summed E-state index contributed by atoms with van der Waals surface area (Å²) >= 11 is 1.87. The largest absolute Gasteiger partial charge is 0.455 e. The first kappa shape index (κ1) is 8.74. The predicted molar refractivity (Wildman–Crippen MR) is 51.0 cm³/mol. The van der Waals surface area contributed by atoms with Crippen LogP contribution in [0.1, 0.15) is 11.9 Å². The molecule has 0 amide bonds. The van der Waals surface area contributed by atoms with Crippen LogP contribution in [0, 0.1) is 9.52 Å². The molecule has 3 nitrogen and oxygen atoms in total. The second-order valence-electron chi connectivity index (χ2n) is 2.42. The number of aromatic nitrogens is 1. The third-order valence-electron chi connectivity index (χ3n) is 1.55. The molecule has 0 unspecified atom stereocenters. The van der Waals surface area contributed by atoms with Gasteiger partial charge in [0.05, 0.1) is 9.13 Å². The van der Waals surface area contributed by atoms with Gasteiger partial charge in [0.1, 0.15) is 12.5 Å². The number of pyridine rings is 1. The van der Waals surface area contributed by atoms with E-state index >= 15 is 0 Å². The second-order valence-corrected chi connectivity index (χ2v) is 3.58. The molecule has 0 fully saturated rings. The smallest absolute Gasteiger partial charge is 0.267 e. The highest BCUT2D eigenvalue weighted by Crippen LogP contribution is 2.24. The molecule has 0 aromatic carbocycles. The van der Waals surface area contributed by atoms with Crippen molar-refractivity contribution in [2.75, 3.05) is 0 Å². The van der Waals surface area contributed by atoms with Crippen LogP contribution in [0.15, 0.2) is 24.8 Å². The molecule has 0 saturated carbocycles. The Balaban J connectivity index is 2.26.